The van der Waals surface area contributed by atoms with Crippen molar-refractivity contribution >= 4 is 0 Å². The monoisotopic (exact) mass is 275 g/mol. The molecular formula is C18H29NO. The first-order chi connectivity index (χ1) is 9.72. The lowest BCUT2D eigenvalue weighted by Gasteiger charge is -2.31. The number of ether oxygens (including phenoxy) is 1. The first-order valence-corrected chi connectivity index (χ1v) is 8.16. The topological polar surface area (TPSA) is 21.3 Å². The van der Waals surface area contributed by atoms with Crippen molar-refractivity contribution in [3.05, 3.63) is 35.4 Å². The summed E-state index contributed by atoms with van der Waals surface area (Å²) in [5.74, 6) is 0.774. The van der Waals surface area contributed by atoms with E-state index in [0.717, 1.165) is 25.5 Å². The molecule has 0 heterocycles. The molecule has 20 heavy (non-hydrogen) atoms. The molecule has 0 amide bonds. The Morgan fingerprint density at radius 2 is 2.00 bits per heavy atom. The van der Waals surface area contributed by atoms with E-state index in [0.29, 0.717) is 6.04 Å². The van der Waals surface area contributed by atoms with Gasteiger partial charge in [-0.15, -0.1) is 0 Å². The fourth-order valence-corrected chi connectivity index (χ4v) is 2.79. The summed E-state index contributed by atoms with van der Waals surface area (Å²) in [6.45, 7) is 8.24. The normalized spacial score (nSPS) is 17.2. The van der Waals surface area contributed by atoms with Gasteiger partial charge in [0, 0.05) is 0 Å². The highest BCUT2D eigenvalue weighted by Crippen LogP contribution is 2.39. The fraction of sp³-hybridized carbons (Fsp3) is 0.667. The summed E-state index contributed by atoms with van der Waals surface area (Å²) in [5.41, 5.74) is 2.99. The van der Waals surface area contributed by atoms with Crippen LogP contribution < -0.4 is 5.32 Å². The Labute approximate surface area is 123 Å². The van der Waals surface area contributed by atoms with Gasteiger partial charge in [-0.2, -0.15) is 0 Å². The second-order valence-electron chi connectivity index (χ2n) is 6.15. The number of benzene rings is 1. The third-order valence-corrected chi connectivity index (χ3v) is 4.15. The van der Waals surface area contributed by atoms with E-state index in [9.17, 15) is 0 Å². The van der Waals surface area contributed by atoms with Crippen LogP contribution in [0.2, 0.25) is 0 Å². The largest absolute Gasteiger partial charge is 0.377 e. The van der Waals surface area contributed by atoms with E-state index < -0.39 is 0 Å². The standard InChI is InChI=1S/C18H29NO/c1-4-12-19-18(13-20-14(2)3)17-11-6-5-10-16(17)15-8-7-9-15/h5-6,10-11,14-15,18-19H,4,7-9,12-13H2,1-3H3. The van der Waals surface area contributed by atoms with E-state index >= 15 is 0 Å². The number of nitrogens with one attached hydrogen (secondary N) is 1. The summed E-state index contributed by atoms with van der Waals surface area (Å²) in [6, 6.07) is 9.26. The predicted octanol–water partition coefficient (Wildman–Crippen LogP) is 4.42. The van der Waals surface area contributed by atoms with Crippen molar-refractivity contribution in [2.75, 3.05) is 13.2 Å². The van der Waals surface area contributed by atoms with Crippen molar-refractivity contribution in [3.8, 4) is 0 Å². The quantitative estimate of drug-likeness (QED) is 0.758. The molecule has 1 aliphatic rings. The van der Waals surface area contributed by atoms with Gasteiger partial charge in [-0.05, 0) is 56.7 Å². The molecule has 1 aliphatic carbocycles. The van der Waals surface area contributed by atoms with Crippen LogP contribution in [0.25, 0.3) is 0 Å². The fourth-order valence-electron chi connectivity index (χ4n) is 2.79. The van der Waals surface area contributed by atoms with E-state index in [1.54, 1.807) is 5.56 Å². The van der Waals surface area contributed by atoms with E-state index in [4.69, 9.17) is 4.74 Å². The summed E-state index contributed by atoms with van der Waals surface area (Å²) < 4.78 is 5.88. The van der Waals surface area contributed by atoms with Crippen molar-refractivity contribution in [2.45, 2.75) is 64.5 Å². The van der Waals surface area contributed by atoms with Crippen molar-refractivity contribution in [3.63, 3.8) is 0 Å². The molecule has 2 heteroatoms. The van der Waals surface area contributed by atoms with Crippen LogP contribution in [0, 0.1) is 0 Å². The second-order valence-corrected chi connectivity index (χ2v) is 6.15. The van der Waals surface area contributed by atoms with Crippen LogP contribution in [-0.4, -0.2) is 19.3 Å². The van der Waals surface area contributed by atoms with Crippen LogP contribution in [-0.2, 0) is 4.74 Å². The molecule has 1 N–H and O–H groups in total. The van der Waals surface area contributed by atoms with Crippen molar-refractivity contribution in [2.24, 2.45) is 0 Å². The van der Waals surface area contributed by atoms with Gasteiger partial charge in [0.25, 0.3) is 0 Å². The average molecular weight is 275 g/mol. The molecule has 0 aromatic heterocycles. The SMILES string of the molecule is CCCNC(COC(C)C)c1ccccc1C1CCC1. The molecule has 0 saturated heterocycles. The zero-order valence-corrected chi connectivity index (χ0v) is 13.2. The van der Waals surface area contributed by atoms with Gasteiger partial charge in [-0.3, -0.25) is 0 Å². The van der Waals surface area contributed by atoms with Gasteiger partial charge in [-0.25, -0.2) is 0 Å². The molecule has 112 valence electrons. The maximum Gasteiger partial charge on any atom is 0.0665 e. The van der Waals surface area contributed by atoms with Gasteiger partial charge in [0.1, 0.15) is 0 Å². The van der Waals surface area contributed by atoms with Crippen molar-refractivity contribution in [1.29, 1.82) is 0 Å². The molecule has 1 fully saturated rings. The Morgan fingerprint density at radius 1 is 1.25 bits per heavy atom. The highest BCUT2D eigenvalue weighted by molar-refractivity contribution is 5.34. The molecule has 0 spiro atoms. The average Bonchev–Trinajstić information content (AvgIpc) is 2.38. The van der Waals surface area contributed by atoms with Crippen molar-refractivity contribution in [1.82, 2.24) is 5.32 Å². The molecule has 1 atom stereocenters. The molecule has 0 aliphatic heterocycles. The lowest BCUT2D eigenvalue weighted by atomic mass is 9.77. The third-order valence-electron chi connectivity index (χ3n) is 4.15. The Bertz CT molecular complexity index is 398. The zero-order valence-electron chi connectivity index (χ0n) is 13.2. The predicted molar refractivity (Wildman–Crippen MR) is 85.2 cm³/mol. The molecule has 0 radical (unpaired) electrons. The molecule has 0 bridgehead atoms. The third kappa shape index (κ3) is 4.07. The Kier molecular flexibility index (Phi) is 6.06. The highest BCUT2D eigenvalue weighted by Gasteiger charge is 2.24. The molecular weight excluding hydrogens is 246 g/mol. The summed E-state index contributed by atoms with van der Waals surface area (Å²) in [4.78, 5) is 0. The maximum atomic E-state index is 5.88. The Hall–Kier alpha value is -0.860. The smallest absolute Gasteiger partial charge is 0.0665 e. The lowest BCUT2D eigenvalue weighted by molar-refractivity contribution is 0.0608. The van der Waals surface area contributed by atoms with Crippen LogP contribution >= 0.6 is 0 Å². The molecule has 2 rings (SSSR count). The summed E-state index contributed by atoms with van der Waals surface area (Å²) in [6.07, 6.45) is 5.53. The van der Waals surface area contributed by atoms with Crippen LogP contribution in [0.5, 0.6) is 0 Å². The molecule has 1 aromatic carbocycles. The minimum Gasteiger partial charge on any atom is -0.377 e. The minimum atomic E-state index is 0.289. The van der Waals surface area contributed by atoms with Gasteiger partial charge in [0.2, 0.25) is 0 Å². The summed E-state index contributed by atoms with van der Waals surface area (Å²) in [5, 5.41) is 3.66. The second kappa shape index (κ2) is 7.80. The van der Waals surface area contributed by atoms with Gasteiger partial charge in [0.15, 0.2) is 0 Å². The minimum absolute atomic E-state index is 0.289. The number of hydrogen-bond acceptors (Lipinski definition) is 2. The number of rotatable bonds is 8. The van der Waals surface area contributed by atoms with Crippen LogP contribution in [0.15, 0.2) is 24.3 Å². The van der Waals surface area contributed by atoms with E-state index in [-0.39, 0.29) is 6.10 Å². The lowest BCUT2D eigenvalue weighted by Crippen LogP contribution is -2.29. The zero-order chi connectivity index (χ0) is 14.4. The summed E-state index contributed by atoms with van der Waals surface area (Å²) >= 11 is 0. The molecule has 1 aromatic rings. The molecule has 2 nitrogen and oxygen atoms in total. The number of hydrogen-bond donors (Lipinski definition) is 1. The Morgan fingerprint density at radius 3 is 2.60 bits per heavy atom. The van der Waals surface area contributed by atoms with E-state index in [1.165, 1.54) is 24.8 Å². The molecule has 1 unspecified atom stereocenters. The maximum absolute atomic E-state index is 5.88. The van der Waals surface area contributed by atoms with E-state index in [2.05, 4.69) is 50.4 Å². The summed E-state index contributed by atoms with van der Waals surface area (Å²) in [7, 11) is 0. The first kappa shape index (κ1) is 15.5. The van der Waals surface area contributed by atoms with Crippen LogP contribution in [0.4, 0.5) is 0 Å². The van der Waals surface area contributed by atoms with Crippen LogP contribution in [0.3, 0.4) is 0 Å². The van der Waals surface area contributed by atoms with Gasteiger partial charge >= 0.3 is 0 Å². The highest BCUT2D eigenvalue weighted by atomic mass is 16.5. The van der Waals surface area contributed by atoms with Gasteiger partial charge < -0.3 is 10.1 Å². The first-order valence-electron chi connectivity index (χ1n) is 8.16. The molecule has 1 saturated carbocycles. The van der Waals surface area contributed by atoms with Crippen LogP contribution in [0.1, 0.15) is 69.5 Å². The van der Waals surface area contributed by atoms with E-state index in [1.807, 2.05) is 0 Å². The Balaban J connectivity index is 2.13. The van der Waals surface area contributed by atoms with Crippen molar-refractivity contribution < 1.29 is 4.74 Å². The van der Waals surface area contributed by atoms with Gasteiger partial charge in [0.05, 0.1) is 18.8 Å². The van der Waals surface area contributed by atoms with Gasteiger partial charge in [-0.1, -0.05) is 37.6 Å².